The molecule has 1 aromatic rings. The molecular formula is C13H18BFN2O3. The summed E-state index contributed by atoms with van der Waals surface area (Å²) < 4.78 is 25.2. The minimum absolute atomic E-state index is 0.00436. The number of pyridine rings is 1. The van der Waals surface area contributed by atoms with Gasteiger partial charge in [-0.05, 0) is 39.8 Å². The number of nitrogens with two attached hydrogens (primary N) is 1. The number of primary amides is 1. The summed E-state index contributed by atoms with van der Waals surface area (Å²) in [6, 6.07) is 2.73. The first kappa shape index (κ1) is 14.9. The zero-order valence-electron chi connectivity index (χ0n) is 12.1. The van der Waals surface area contributed by atoms with Crippen LogP contribution >= 0.6 is 0 Å². The molecule has 0 saturated carbocycles. The van der Waals surface area contributed by atoms with Crippen LogP contribution in [-0.4, -0.2) is 29.2 Å². The Morgan fingerprint density at radius 3 is 2.35 bits per heavy atom. The number of amides is 1. The van der Waals surface area contributed by atoms with E-state index >= 15 is 0 Å². The van der Waals surface area contributed by atoms with Crippen molar-refractivity contribution < 1.29 is 18.5 Å². The lowest BCUT2D eigenvalue weighted by Gasteiger charge is -2.32. The predicted octanol–water partition coefficient (Wildman–Crippen LogP) is 0.548. The van der Waals surface area contributed by atoms with Crippen LogP contribution in [0.3, 0.4) is 0 Å². The van der Waals surface area contributed by atoms with Crippen molar-refractivity contribution in [3.63, 3.8) is 0 Å². The molecule has 2 heterocycles. The third kappa shape index (κ3) is 2.69. The normalized spacial score (nSPS) is 20.1. The fourth-order valence-corrected chi connectivity index (χ4v) is 1.89. The maximum Gasteiger partial charge on any atom is 0.514 e. The quantitative estimate of drug-likeness (QED) is 0.820. The Kier molecular flexibility index (Phi) is 3.60. The molecule has 0 unspecified atom stereocenters. The SMILES string of the molecule is CC1(C)OB(c2ccc(F)c(CC(N)=O)n2)OC1(C)C. The van der Waals surface area contributed by atoms with Crippen molar-refractivity contribution in [2.75, 3.05) is 0 Å². The second-order valence-electron chi connectivity index (χ2n) is 5.90. The van der Waals surface area contributed by atoms with Gasteiger partial charge in [-0.1, -0.05) is 0 Å². The van der Waals surface area contributed by atoms with E-state index in [0.717, 1.165) is 0 Å². The average Bonchev–Trinajstić information content (AvgIpc) is 2.50. The Morgan fingerprint density at radius 1 is 1.30 bits per heavy atom. The van der Waals surface area contributed by atoms with Gasteiger partial charge in [0.25, 0.3) is 0 Å². The third-order valence-electron chi connectivity index (χ3n) is 3.78. The van der Waals surface area contributed by atoms with Crippen molar-refractivity contribution in [3.8, 4) is 0 Å². The number of hydrogen-bond donors (Lipinski definition) is 1. The van der Waals surface area contributed by atoms with E-state index < -0.39 is 30.0 Å². The molecule has 0 aliphatic carbocycles. The van der Waals surface area contributed by atoms with Crippen molar-refractivity contribution in [2.24, 2.45) is 5.73 Å². The molecule has 2 N–H and O–H groups in total. The van der Waals surface area contributed by atoms with Crippen molar-refractivity contribution >= 4 is 18.6 Å². The lowest BCUT2D eigenvalue weighted by atomic mass is 9.84. The fourth-order valence-electron chi connectivity index (χ4n) is 1.89. The van der Waals surface area contributed by atoms with Crippen LogP contribution in [0.1, 0.15) is 33.4 Å². The van der Waals surface area contributed by atoms with Crippen molar-refractivity contribution in [1.82, 2.24) is 4.98 Å². The minimum atomic E-state index is -0.688. The zero-order valence-corrected chi connectivity index (χ0v) is 12.1. The molecule has 1 saturated heterocycles. The topological polar surface area (TPSA) is 74.4 Å². The Labute approximate surface area is 117 Å². The number of rotatable bonds is 3. The minimum Gasteiger partial charge on any atom is -0.398 e. The Hall–Kier alpha value is -1.47. The van der Waals surface area contributed by atoms with Gasteiger partial charge in [0, 0.05) is 0 Å². The molecule has 1 amide bonds. The second-order valence-corrected chi connectivity index (χ2v) is 5.90. The van der Waals surface area contributed by atoms with Crippen LogP contribution in [0.2, 0.25) is 0 Å². The third-order valence-corrected chi connectivity index (χ3v) is 3.78. The highest BCUT2D eigenvalue weighted by Gasteiger charge is 2.52. The molecular weight excluding hydrogens is 262 g/mol. The van der Waals surface area contributed by atoms with E-state index in [2.05, 4.69) is 4.98 Å². The summed E-state index contributed by atoms with van der Waals surface area (Å²) in [5.74, 6) is -1.20. The van der Waals surface area contributed by atoms with Crippen LogP contribution in [0.5, 0.6) is 0 Å². The highest BCUT2D eigenvalue weighted by atomic mass is 19.1. The molecule has 7 heteroatoms. The lowest BCUT2D eigenvalue weighted by Crippen LogP contribution is -2.41. The molecule has 0 radical (unpaired) electrons. The first-order valence-corrected chi connectivity index (χ1v) is 6.42. The van der Waals surface area contributed by atoms with Crippen LogP contribution < -0.4 is 11.3 Å². The molecule has 0 bridgehead atoms. The van der Waals surface area contributed by atoms with Crippen molar-refractivity contribution in [3.05, 3.63) is 23.6 Å². The van der Waals surface area contributed by atoms with Gasteiger partial charge in [-0.2, -0.15) is 0 Å². The molecule has 2 rings (SSSR count). The molecule has 1 aliphatic heterocycles. The molecule has 108 valence electrons. The van der Waals surface area contributed by atoms with Crippen LogP contribution in [0.15, 0.2) is 12.1 Å². The standard InChI is InChI=1S/C13H18BFN2O3/c1-12(2)13(3,4)20-14(19-12)10-6-5-8(15)9(17-10)7-11(16)18/h5-6H,7H2,1-4H3,(H2,16,18). The van der Waals surface area contributed by atoms with E-state index in [9.17, 15) is 9.18 Å². The van der Waals surface area contributed by atoms with Crippen LogP contribution in [-0.2, 0) is 20.5 Å². The molecule has 1 fully saturated rings. The molecule has 1 aliphatic rings. The van der Waals surface area contributed by atoms with Crippen LogP contribution in [0.25, 0.3) is 0 Å². The maximum atomic E-state index is 13.6. The van der Waals surface area contributed by atoms with Crippen LogP contribution in [0.4, 0.5) is 4.39 Å². The zero-order chi connectivity index (χ0) is 15.1. The number of hydrogen-bond acceptors (Lipinski definition) is 4. The summed E-state index contributed by atoms with van der Waals surface area (Å²) in [5.41, 5.74) is 4.51. The Balaban J connectivity index is 2.29. The van der Waals surface area contributed by atoms with Gasteiger partial charge in [0.1, 0.15) is 5.82 Å². The van der Waals surface area contributed by atoms with Gasteiger partial charge in [0.2, 0.25) is 5.91 Å². The number of carbonyl (C=O) groups is 1. The van der Waals surface area contributed by atoms with Crippen molar-refractivity contribution in [1.29, 1.82) is 0 Å². The Morgan fingerprint density at radius 2 is 1.85 bits per heavy atom. The molecule has 5 nitrogen and oxygen atoms in total. The summed E-state index contributed by atoms with van der Waals surface area (Å²) in [6.07, 6.45) is -0.251. The number of aromatic nitrogens is 1. The van der Waals surface area contributed by atoms with Crippen LogP contribution in [0, 0.1) is 5.82 Å². The summed E-state index contributed by atoms with van der Waals surface area (Å²) in [6.45, 7) is 7.67. The van der Waals surface area contributed by atoms with Crippen molar-refractivity contribution in [2.45, 2.75) is 45.3 Å². The molecule has 0 spiro atoms. The smallest absolute Gasteiger partial charge is 0.398 e. The highest BCUT2D eigenvalue weighted by molar-refractivity contribution is 6.61. The summed E-state index contributed by atoms with van der Waals surface area (Å²) in [4.78, 5) is 15.0. The van der Waals surface area contributed by atoms with E-state index in [-0.39, 0.29) is 12.1 Å². The Bertz CT molecular complexity index is 532. The monoisotopic (exact) mass is 280 g/mol. The van der Waals surface area contributed by atoms with Gasteiger partial charge in [-0.25, -0.2) is 4.39 Å². The largest absolute Gasteiger partial charge is 0.514 e. The first-order chi connectivity index (χ1) is 9.12. The predicted molar refractivity (Wildman–Crippen MR) is 72.8 cm³/mol. The first-order valence-electron chi connectivity index (χ1n) is 6.42. The number of nitrogens with zero attached hydrogens (tertiary/aromatic N) is 1. The van der Waals surface area contributed by atoms with Gasteiger partial charge < -0.3 is 15.0 Å². The molecule has 0 atom stereocenters. The lowest BCUT2D eigenvalue weighted by molar-refractivity contribution is -0.117. The van der Waals surface area contributed by atoms with E-state index in [0.29, 0.717) is 5.59 Å². The fraction of sp³-hybridized carbons (Fsp3) is 0.538. The van der Waals surface area contributed by atoms with Gasteiger partial charge in [0.05, 0.1) is 28.9 Å². The summed E-state index contributed by atoms with van der Waals surface area (Å²) in [7, 11) is -0.688. The second kappa shape index (κ2) is 4.82. The number of halogens is 1. The summed E-state index contributed by atoms with van der Waals surface area (Å²) >= 11 is 0. The van der Waals surface area contributed by atoms with E-state index in [1.54, 1.807) is 0 Å². The molecule has 20 heavy (non-hydrogen) atoms. The van der Waals surface area contributed by atoms with E-state index in [4.69, 9.17) is 15.0 Å². The molecule has 0 aromatic carbocycles. The highest BCUT2D eigenvalue weighted by Crippen LogP contribution is 2.36. The van der Waals surface area contributed by atoms with Gasteiger partial charge >= 0.3 is 7.12 Å². The number of carbonyl (C=O) groups excluding carboxylic acids is 1. The maximum absolute atomic E-state index is 13.6. The van der Waals surface area contributed by atoms with E-state index in [1.165, 1.54) is 12.1 Å². The van der Waals surface area contributed by atoms with E-state index in [1.807, 2.05) is 27.7 Å². The van der Waals surface area contributed by atoms with Gasteiger partial charge in [0.15, 0.2) is 0 Å². The molecule has 1 aromatic heterocycles. The summed E-state index contributed by atoms with van der Waals surface area (Å²) in [5, 5.41) is 0. The van der Waals surface area contributed by atoms with Gasteiger partial charge in [-0.3, -0.25) is 9.78 Å². The average molecular weight is 280 g/mol. The van der Waals surface area contributed by atoms with Gasteiger partial charge in [-0.15, -0.1) is 0 Å².